The van der Waals surface area contributed by atoms with Gasteiger partial charge in [-0.15, -0.1) is 0 Å². The second-order valence-electron chi connectivity index (χ2n) is 5.61. The minimum Gasteiger partial charge on any atom is -0.303 e. The molecule has 0 aromatic carbocycles. The smallest absolute Gasteiger partial charge is 0.0450 e. The Morgan fingerprint density at radius 3 is 2.50 bits per heavy atom. The van der Waals surface area contributed by atoms with Gasteiger partial charge in [0.25, 0.3) is 0 Å². The lowest BCUT2D eigenvalue weighted by Gasteiger charge is -2.26. The monoisotopic (exact) mass is 270 g/mol. The predicted octanol–water partition coefficient (Wildman–Crippen LogP) is 4.09. The van der Waals surface area contributed by atoms with Crippen LogP contribution in [0.3, 0.4) is 0 Å². The Hall–Kier alpha value is -1.41. The average molecular weight is 270 g/mol. The highest BCUT2D eigenvalue weighted by Crippen LogP contribution is 2.21. The second kappa shape index (κ2) is 7.39. The topological polar surface area (TPSA) is 16.1 Å². The van der Waals surface area contributed by atoms with E-state index in [-0.39, 0.29) is 0 Å². The summed E-state index contributed by atoms with van der Waals surface area (Å²) in [6, 6.07) is 0. The maximum absolute atomic E-state index is 4.49. The Labute approximate surface area is 123 Å². The van der Waals surface area contributed by atoms with Crippen molar-refractivity contribution in [3.8, 4) is 0 Å². The summed E-state index contributed by atoms with van der Waals surface area (Å²) in [4.78, 5) is 7.08. The maximum Gasteiger partial charge on any atom is 0.0450 e. The maximum atomic E-state index is 4.49. The Morgan fingerprint density at radius 1 is 1.15 bits per heavy atom. The molecule has 0 saturated carbocycles. The third-order valence-corrected chi connectivity index (χ3v) is 4.22. The van der Waals surface area contributed by atoms with Crippen LogP contribution in [0.4, 0.5) is 0 Å². The summed E-state index contributed by atoms with van der Waals surface area (Å²) in [6.45, 7) is 13.6. The number of aryl methyl sites for hydroxylation is 2. The normalized spacial score (nSPS) is 16.1. The lowest BCUT2D eigenvalue weighted by Crippen LogP contribution is -2.30. The van der Waals surface area contributed by atoms with Crippen LogP contribution in [0.25, 0.3) is 12.2 Å². The predicted molar refractivity (Wildman–Crippen MR) is 87.8 cm³/mol. The van der Waals surface area contributed by atoms with Gasteiger partial charge < -0.3 is 4.90 Å². The van der Waals surface area contributed by atoms with Gasteiger partial charge in [-0.25, -0.2) is 0 Å². The summed E-state index contributed by atoms with van der Waals surface area (Å²) >= 11 is 0. The van der Waals surface area contributed by atoms with Crippen molar-refractivity contribution in [2.75, 3.05) is 19.6 Å². The Kier molecular flexibility index (Phi) is 5.54. The zero-order chi connectivity index (χ0) is 14.4. The number of rotatable bonds is 6. The lowest BCUT2D eigenvalue weighted by atomic mass is 9.98. The molecule has 2 heteroatoms. The molecule has 1 fully saturated rings. The first-order valence-corrected chi connectivity index (χ1v) is 7.72. The van der Waals surface area contributed by atoms with Crippen LogP contribution in [0.5, 0.6) is 0 Å². The molecule has 2 nitrogen and oxygen atoms in total. The molecule has 0 aliphatic carbocycles. The van der Waals surface area contributed by atoms with Crippen molar-refractivity contribution >= 4 is 12.2 Å². The van der Waals surface area contributed by atoms with Crippen LogP contribution in [-0.4, -0.2) is 29.5 Å². The van der Waals surface area contributed by atoms with Crippen molar-refractivity contribution < 1.29 is 0 Å². The standard InChI is InChI=1S/C18H26N2/c1-4-17-15(3)19-14-16(18(17)5-2)10-9-13-20-11-7-6-8-12-20/h4-5,14H,1-2,6-13H2,3H3. The lowest BCUT2D eigenvalue weighted by molar-refractivity contribution is 0.226. The largest absolute Gasteiger partial charge is 0.303 e. The van der Waals surface area contributed by atoms with Crippen molar-refractivity contribution in [2.24, 2.45) is 0 Å². The summed E-state index contributed by atoms with van der Waals surface area (Å²) in [5.74, 6) is 0. The molecule has 1 saturated heterocycles. The van der Waals surface area contributed by atoms with E-state index >= 15 is 0 Å². The van der Waals surface area contributed by atoms with Crippen LogP contribution in [0.2, 0.25) is 0 Å². The molecule has 0 N–H and O–H groups in total. The van der Waals surface area contributed by atoms with Gasteiger partial charge in [0, 0.05) is 17.5 Å². The summed E-state index contributed by atoms with van der Waals surface area (Å²) in [5, 5.41) is 0. The quantitative estimate of drug-likeness (QED) is 0.774. The molecule has 0 bridgehead atoms. The van der Waals surface area contributed by atoms with E-state index in [1.165, 1.54) is 56.4 Å². The number of pyridine rings is 1. The second-order valence-corrected chi connectivity index (χ2v) is 5.61. The third-order valence-electron chi connectivity index (χ3n) is 4.22. The Bertz CT molecular complexity index is 471. The highest BCUT2D eigenvalue weighted by molar-refractivity contribution is 5.67. The van der Waals surface area contributed by atoms with E-state index < -0.39 is 0 Å². The fraction of sp³-hybridized carbons (Fsp3) is 0.500. The highest BCUT2D eigenvalue weighted by atomic mass is 15.1. The molecule has 2 rings (SSSR count). The van der Waals surface area contributed by atoms with Crippen molar-refractivity contribution in [1.82, 2.24) is 9.88 Å². The van der Waals surface area contributed by atoms with E-state index in [0.717, 1.165) is 17.7 Å². The fourth-order valence-electron chi connectivity index (χ4n) is 3.06. The van der Waals surface area contributed by atoms with Gasteiger partial charge in [-0.2, -0.15) is 0 Å². The number of likely N-dealkylation sites (tertiary alicyclic amines) is 1. The molecule has 0 spiro atoms. The molecular weight excluding hydrogens is 244 g/mol. The average Bonchev–Trinajstić information content (AvgIpc) is 2.49. The van der Waals surface area contributed by atoms with E-state index in [9.17, 15) is 0 Å². The molecule has 0 atom stereocenters. The first-order chi connectivity index (χ1) is 9.76. The summed E-state index contributed by atoms with van der Waals surface area (Å²) in [5.41, 5.74) is 4.69. The van der Waals surface area contributed by atoms with Crippen molar-refractivity contribution in [1.29, 1.82) is 0 Å². The number of aromatic nitrogens is 1. The Morgan fingerprint density at radius 2 is 1.85 bits per heavy atom. The van der Waals surface area contributed by atoms with Gasteiger partial charge in [-0.05, 0) is 63.4 Å². The van der Waals surface area contributed by atoms with Crippen molar-refractivity contribution in [3.63, 3.8) is 0 Å². The molecule has 1 aliphatic heterocycles. The van der Waals surface area contributed by atoms with Gasteiger partial charge in [-0.3, -0.25) is 4.98 Å². The van der Waals surface area contributed by atoms with Gasteiger partial charge in [0.05, 0.1) is 0 Å². The van der Waals surface area contributed by atoms with E-state index in [4.69, 9.17) is 0 Å². The molecule has 20 heavy (non-hydrogen) atoms. The summed E-state index contributed by atoms with van der Waals surface area (Å²) in [6.07, 6.45) is 12.3. The molecule has 108 valence electrons. The number of nitrogens with zero attached hydrogens (tertiary/aromatic N) is 2. The minimum atomic E-state index is 1.04. The number of hydrogen-bond donors (Lipinski definition) is 0. The molecule has 0 unspecified atom stereocenters. The molecule has 2 heterocycles. The minimum absolute atomic E-state index is 1.04. The van der Waals surface area contributed by atoms with E-state index in [1.807, 2.05) is 25.3 Å². The van der Waals surface area contributed by atoms with Gasteiger partial charge >= 0.3 is 0 Å². The van der Waals surface area contributed by atoms with Crippen LogP contribution in [0.15, 0.2) is 19.4 Å². The highest BCUT2D eigenvalue weighted by Gasteiger charge is 2.11. The molecule has 0 amide bonds. The first-order valence-electron chi connectivity index (χ1n) is 7.72. The molecule has 0 radical (unpaired) electrons. The zero-order valence-corrected chi connectivity index (χ0v) is 12.7. The van der Waals surface area contributed by atoms with Gasteiger partial charge in [-0.1, -0.05) is 31.7 Å². The van der Waals surface area contributed by atoms with Crippen LogP contribution in [0, 0.1) is 6.92 Å². The summed E-state index contributed by atoms with van der Waals surface area (Å²) < 4.78 is 0. The fourth-order valence-corrected chi connectivity index (χ4v) is 3.06. The third kappa shape index (κ3) is 3.57. The molecule has 1 aliphatic rings. The Balaban J connectivity index is 1.98. The van der Waals surface area contributed by atoms with Crippen molar-refractivity contribution in [3.05, 3.63) is 41.7 Å². The van der Waals surface area contributed by atoms with E-state index in [1.54, 1.807) is 0 Å². The molecule has 1 aromatic rings. The van der Waals surface area contributed by atoms with E-state index in [2.05, 4.69) is 23.0 Å². The van der Waals surface area contributed by atoms with Crippen LogP contribution >= 0.6 is 0 Å². The van der Waals surface area contributed by atoms with Gasteiger partial charge in [0.15, 0.2) is 0 Å². The van der Waals surface area contributed by atoms with Gasteiger partial charge in [0.1, 0.15) is 0 Å². The number of hydrogen-bond acceptors (Lipinski definition) is 2. The molecule has 1 aromatic heterocycles. The first kappa shape index (κ1) is 15.0. The number of piperidine rings is 1. The SMILES string of the molecule is C=Cc1c(CCCN2CCCCC2)cnc(C)c1C=C. The zero-order valence-electron chi connectivity index (χ0n) is 12.7. The van der Waals surface area contributed by atoms with Crippen molar-refractivity contribution in [2.45, 2.75) is 39.0 Å². The summed E-state index contributed by atoms with van der Waals surface area (Å²) in [7, 11) is 0. The van der Waals surface area contributed by atoms with Crippen LogP contribution < -0.4 is 0 Å². The van der Waals surface area contributed by atoms with E-state index in [0.29, 0.717) is 0 Å². The van der Waals surface area contributed by atoms with Crippen LogP contribution in [0.1, 0.15) is 48.1 Å². The molecular formula is C18H26N2. The van der Waals surface area contributed by atoms with Gasteiger partial charge in [0.2, 0.25) is 0 Å². The van der Waals surface area contributed by atoms with Crippen LogP contribution in [-0.2, 0) is 6.42 Å².